The van der Waals surface area contributed by atoms with Crippen molar-refractivity contribution < 1.29 is 13.2 Å². The van der Waals surface area contributed by atoms with E-state index >= 15 is 0 Å². The third-order valence-electron chi connectivity index (χ3n) is 2.67. The van der Waals surface area contributed by atoms with Gasteiger partial charge >= 0.3 is 0 Å². The van der Waals surface area contributed by atoms with E-state index in [4.69, 9.17) is 22.1 Å². The number of nitrogens with one attached hydrogen (secondary N) is 1. The van der Waals surface area contributed by atoms with Crippen LogP contribution in [0.3, 0.4) is 0 Å². The van der Waals surface area contributed by atoms with Gasteiger partial charge in [-0.2, -0.15) is 0 Å². The predicted octanol–water partition coefficient (Wildman–Crippen LogP) is 3.49. The first-order chi connectivity index (χ1) is 9.83. The van der Waals surface area contributed by atoms with Crippen molar-refractivity contribution in [3.63, 3.8) is 0 Å². The molecule has 0 aliphatic rings. The molecule has 0 radical (unpaired) electrons. The Kier molecular flexibility index (Phi) is 4.65. The number of hydrogen-bond acceptors (Lipinski definition) is 4. The Labute approximate surface area is 136 Å². The van der Waals surface area contributed by atoms with Crippen LogP contribution in [0.25, 0.3) is 0 Å². The van der Waals surface area contributed by atoms with Crippen molar-refractivity contribution in [2.45, 2.75) is 4.90 Å². The smallest absolute Gasteiger partial charge is 0.264 e. The molecule has 0 heterocycles. The predicted molar refractivity (Wildman–Crippen MR) is 87.4 cm³/mol. The monoisotopic (exact) mass is 390 g/mol. The molecule has 0 spiro atoms. The van der Waals surface area contributed by atoms with Crippen molar-refractivity contribution in [1.82, 2.24) is 0 Å². The van der Waals surface area contributed by atoms with Crippen molar-refractivity contribution in [2.75, 3.05) is 17.6 Å². The maximum absolute atomic E-state index is 12.4. The SMILES string of the molecule is COc1ccc(Br)cc1NS(=O)(=O)c1ccc(Cl)cc1N. The molecular formula is C13H12BrClN2O3S. The minimum absolute atomic E-state index is 0.0473. The van der Waals surface area contributed by atoms with Crippen molar-refractivity contribution in [3.05, 3.63) is 45.9 Å². The number of benzene rings is 2. The second kappa shape index (κ2) is 6.13. The quantitative estimate of drug-likeness (QED) is 0.782. The average molecular weight is 392 g/mol. The maximum Gasteiger partial charge on any atom is 0.264 e. The Hall–Kier alpha value is -1.44. The fraction of sp³-hybridized carbons (Fsp3) is 0.0769. The summed E-state index contributed by atoms with van der Waals surface area (Å²) in [5, 5.41) is 0.367. The number of nitrogen functional groups attached to an aromatic ring is 1. The van der Waals surface area contributed by atoms with Crippen LogP contribution in [0.15, 0.2) is 45.8 Å². The highest BCUT2D eigenvalue weighted by molar-refractivity contribution is 9.10. The molecule has 0 bridgehead atoms. The van der Waals surface area contributed by atoms with Crippen LogP contribution in [0.1, 0.15) is 0 Å². The summed E-state index contributed by atoms with van der Waals surface area (Å²) in [4.78, 5) is -0.0473. The third-order valence-corrected chi connectivity index (χ3v) is 4.84. The molecule has 21 heavy (non-hydrogen) atoms. The van der Waals surface area contributed by atoms with Crippen LogP contribution >= 0.6 is 27.5 Å². The molecule has 0 fully saturated rings. The Morgan fingerprint density at radius 2 is 1.95 bits per heavy atom. The van der Waals surface area contributed by atoms with Gasteiger partial charge in [-0.25, -0.2) is 8.42 Å². The zero-order chi connectivity index (χ0) is 15.6. The number of halogens is 2. The third kappa shape index (κ3) is 3.61. The van der Waals surface area contributed by atoms with Gasteiger partial charge in [0.1, 0.15) is 10.6 Å². The minimum atomic E-state index is -3.84. The van der Waals surface area contributed by atoms with Crippen molar-refractivity contribution in [1.29, 1.82) is 0 Å². The van der Waals surface area contributed by atoms with Gasteiger partial charge in [0.15, 0.2) is 0 Å². The Morgan fingerprint density at radius 3 is 2.57 bits per heavy atom. The van der Waals surface area contributed by atoms with E-state index in [1.807, 2.05) is 0 Å². The molecule has 8 heteroatoms. The van der Waals surface area contributed by atoms with Gasteiger partial charge in [-0.1, -0.05) is 27.5 Å². The van der Waals surface area contributed by atoms with Crippen LogP contribution in [-0.4, -0.2) is 15.5 Å². The van der Waals surface area contributed by atoms with E-state index in [0.29, 0.717) is 20.9 Å². The number of sulfonamides is 1. The lowest BCUT2D eigenvalue weighted by atomic mass is 10.3. The first-order valence-corrected chi connectivity index (χ1v) is 8.40. The van der Waals surface area contributed by atoms with Gasteiger partial charge in [0.2, 0.25) is 0 Å². The number of ether oxygens (including phenoxy) is 1. The highest BCUT2D eigenvalue weighted by Gasteiger charge is 2.19. The normalized spacial score (nSPS) is 11.2. The minimum Gasteiger partial charge on any atom is -0.495 e. The van der Waals surface area contributed by atoms with Gasteiger partial charge in [0.25, 0.3) is 10.0 Å². The number of methoxy groups -OCH3 is 1. The molecule has 0 amide bonds. The Bertz CT molecular complexity index is 781. The summed E-state index contributed by atoms with van der Waals surface area (Å²) >= 11 is 9.06. The van der Waals surface area contributed by atoms with E-state index in [1.54, 1.807) is 18.2 Å². The van der Waals surface area contributed by atoms with E-state index < -0.39 is 10.0 Å². The first-order valence-electron chi connectivity index (χ1n) is 5.75. The summed E-state index contributed by atoms with van der Waals surface area (Å²) < 4.78 is 33.1. The molecular weight excluding hydrogens is 380 g/mol. The van der Waals surface area contributed by atoms with Crippen LogP contribution < -0.4 is 15.2 Å². The molecule has 112 valence electrons. The molecule has 0 aliphatic carbocycles. The van der Waals surface area contributed by atoms with Crippen LogP contribution in [0.5, 0.6) is 5.75 Å². The standard InChI is InChI=1S/C13H12BrClN2O3S/c1-20-12-4-2-8(14)6-11(12)17-21(18,19)13-5-3-9(15)7-10(13)16/h2-7,17H,16H2,1H3. The summed E-state index contributed by atoms with van der Waals surface area (Å²) in [5.74, 6) is 0.398. The van der Waals surface area contributed by atoms with E-state index in [2.05, 4.69) is 20.7 Å². The first kappa shape index (κ1) is 15.9. The van der Waals surface area contributed by atoms with Gasteiger partial charge in [0, 0.05) is 9.50 Å². The van der Waals surface area contributed by atoms with Crippen LogP contribution in [0.2, 0.25) is 5.02 Å². The lowest BCUT2D eigenvalue weighted by Crippen LogP contribution is -2.15. The fourth-order valence-electron chi connectivity index (χ4n) is 1.72. The van der Waals surface area contributed by atoms with Gasteiger partial charge in [-0.3, -0.25) is 4.72 Å². The lowest BCUT2D eigenvalue weighted by Gasteiger charge is -2.13. The molecule has 0 saturated heterocycles. The fourth-order valence-corrected chi connectivity index (χ4v) is 3.44. The highest BCUT2D eigenvalue weighted by atomic mass is 79.9. The molecule has 2 aromatic rings. The van der Waals surface area contributed by atoms with Gasteiger partial charge in [0.05, 0.1) is 18.5 Å². The number of hydrogen-bond donors (Lipinski definition) is 2. The second-order valence-corrected chi connectivity index (χ2v) is 7.14. The largest absolute Gasteiger partial charge is 0.495 e. The summed E-state index contributed by atoms with van der Waals surface area (Å²) in [6.45, 7) is 0. The van der Waals surface area contributed by atoms with Crippen molar-refractivity contribution in [3.8, 4) is 5.75 Å². The topological polar surface area (TPSA) is 81.4 Å². The van der Waals surface area contributed by atoms with Gasteiger partial charge in [-0.05, 0) is 36.4 Å². The maximum atomic E-state index is 12.4. The number of nitrogens with two attached hydrogens (primary N) is 1. The molecule has 3 N–H and O–H groups in total. The molecule has 0 unspecified atom stereocenters. The van der Waals surface area contributed by atoms with Crippen LogP contribution in [-0.2, 0) is 10.0 Å². The second-order valence-electron chi connectivity index (χ2n) is 4.13. The highest BCUT2D eigenvalue weighted by Crippen LogP contribution is 2.31. The van der Waals surface area contributed by atoms with Crippen LogP contribution in [0, 0.1) is 0 Å². The molecule has 0 aromatic heterocycles. The Balaban J connectivity index is 2.44. The zero-order valence-electron chi connectivity index (χ0n) is 10.9. The zero-order valence-corrected chi connectivity index (χ0v) is 14.1. The molecule has 5 nitrogen and oxygen atoms in total. The van der Waals surface area contributed by atoms with Crippen molar-refractivity contribution >= 4 is 48.9 Å². The van der Waals surface area contributed by atoms with Crippen LogP contribution in [0.4, 0.5) is 11.4 Å². The van der Waals surface area contributed by atoms with Gasteiger partial charge in [-0.15, -0.1) is 0 Å². The summed E-state index contributed by atoms with van der Waals surface area (Å²) in [6.07, 6.45) is 0. The molecule has 2 aromatic carbocycles. The van der Waals surface area contributed by atoms with E-state index in [0.717, 1.165) is 0 Å². The lowest BCUT2D eigenvalue weighted by molar-refractivity contribution is 0.417. The Morgan fingerprint density at radius 1 is 1.24 bits per heavy atom. The van der Waals surface area contributed by atoms with E-state index in [-0.39, 0.29) is 10.6 Å². The molecule has 0 atom stereocenters. The summed E-state index contributed by atoms with van der Waals surface area (Å²) in [7, 11) is -2.39. The number of anilines is 2. The van der Waals surface area contributed by atoms with E-state index in [9.17, 15) is 8.42 Å². The molecule has 2 rings (SSSR count). The molecule has 0 aliphatic heterocycles. The van der Waals surface area contributed by atoms with Crippen molar-refractivity contribution in [2.24, 2.45) is 0 Å². The summed E-state index contributed by atoms with van der Waals surface area (Å²) in [5.41, 5.74) is 6.10. The van der Waals surface area contributed by atoms with E-state index in [1.165, 1.54) is 25.3 Å². The summed E-state index contributed by atoms with van der Waals surface area (Å²) in [6, 6.07) is 9.19. The average Bonchev–Trinajstić information content (AvgIpc) is 2.37. The van der Waals surface area contributed by atoms with Gasteiger partial charge < -0.3 is 10.5 Å². The molecule has 0 saturated carbocycles. The number of rotatable bonds is 4.